The van der Waals surface area contributed by atoms with Crippen molar-refractivity contribution in [1.29, 1.82) is 0 Å². The molecule has 14 nitrogen and oxygen atoms in total. The summed E-state index contributed by atoms with van der Waals surface area (Å²) >= 11 is 0. The van der Waals surface area contributed by atoms with Crippen molar-refractivity contribution in [3.8, 4) is 11.4 Å². The van der Waals surface area contributed by atoms with Crippen molar-refractivity contribution >= 4 is 45.9 Å². The molecule has 1 atom stereocenters. The van der Waals surface area contributed by atoms with Gasteiger partial charge >= 0.3 is 6.03 Å². The van der Waals surface area contributed by atoms with Crippen LogP contribution in [0.5, 0.6) is 5.75 Å². The molecule has 0 radical (unpaired) electrons. The highest BCUT2D eigenvalue weighted by Gasteiger charge is 2.22. The number of nitrogens with one attached hydrogen (secondary N) is 4. The summed E-state index contributed by atoms with van der Waals surface area (Å²) in [6.07, 6.45) is 5.05. The molecule has 1 aliphatic rings. The minimum Gasteiger partial charge on any atom is -0.488 e. The Kier molecular flexibility index (Phi) is 11.2. The van der Waals surface area contributed by atoms with Gasteiger partial charge in [0.25, 0.3) is 5.91 Å². The van der Waals surface area contributed by atoms with E-state index in [2.05, 4.69) is 61.9 Å². The second kappa shape index (κ2) is 16.6. The van der Waals surface area contributed by atoms with Crippen LogP contribution in [0.4, 0.5) is 27.9 Å². The molecule has 3 amide bonds. The number of β-amino-alcohol motifs (C(OH)–C–C–N with tert-alkyl or cyclic N) is 1. The fourth-order valence-corrected chi connectivity index (χ4v) is 6.36. The Hall–Kier alpha value is -6.38. The van der Waals surface area contributed by atoms with Crippen LogP contribution >= 0.6 is 0 Å². The van der Waals surface area contributed by atoms with E-state index in [4.69, 9.17) is 9.84 Å². The second-order valence-electron chi connectivity index (χ2n) is 14.9. The number of anilines is 4. The van der Waals surface area contributed by atoms with Crippen molar-refractivity contribution in [2.45, 2.75) is 52.2 Å². The number of ether oxygens (including phenoxy) is 1. The van der Waals surface area contributed by atoms with E-state index < -0.39 is 6.03 Å². The predicted octanol–water partition coefficient (Wildman–Crippen LogP) is 6.58. The van der Waals surface area contributed by atoms with Crippen LogP contribution in [-0.4, -0.2) is 79.0 Å². The van der Waals surface area contributed by atoms with Gasteiger partial charge in [-0.2, -0.15) is 5.10 Å². The Labute approximate surface area is 325 Å². The standard InChI is InChI=1S/C42H46N10O4/c1-27-9-11-29(12-10-27)52-39(22-36(50-52)42(2,3)4)49-41(55)47-33-13-14-35(32-8-6-5-7-31(32)33)56-26-28-15-17-43-37(21-28)48-38-24-45-34(23-46-38)40(54)44-18-20-51-19-16-30(53)25-51/h5-15,17,21-24,30,53H,16,18-20,25-26H2,1-4H3,(H,44,54)(H,43,46,48)(H2,47,49,55). The molecule has 0 spiro atoms. The number of aryl methyl sites for hydroxylation is 1. The van der Waals surface area contributed by atoms with Gasteiger partial charge in [0.05, 0.1) is 35.6 Å². The Morgan fingerprint density at radius 1 is 0.911 bits per heavy atom. The molecule has 0 aliphatic carbocycles. The van der Waals surface area contributed by atoms with E-state index in [1.54, 1.807) is 10.9 Å². The monoisotopic (exact) mass is 754 g/mol. The van der Waals surface area contributed by atoms with Crippen molar-refractivity contribution < 1.29 is 19.4 Å². The van der Waals surface area contributed by atoms with Gasteiger partial charge in [-0.05, 0) is 55.3 Å². The van der Waals surface area contributed by atoms with E-state index in [1.165, 1.54) is 12.4 Å². The Bertz CT molecular complexity index is 2320. The number of aliphatic hydroxyl groups excluding tert-OH is 1. The first-order valence-corrected chi connectivity index (χ1v) is 18.6. The van der Waals surface area contributed by atoms with E-state index in [1.807, 2.05) is 85.8 Å². The summed E-state index contributed by atoms with van der Waals surface area (Å²) in [5, 5.41) is 28.2. The molecule has 3 aromatic carbocycles. The average Bonchev–Trinajstić information content (AvgIpc) is 3.81. The smallest absolute Gasteiger partial charge is 0.324 e. The molecule has 0 bridgehead atoms. The van der Waals surface area contributed by atoms with E-state index >= 15 is 0 Å². The lowest BCUT2D eigenvalue weighted by atomic mass is 9.92. The zero-order valence-corrected chi connectivity index (χ0v) is 31.9. The third-order valence-corrected chi connectivity index (χ3v) is 9.45. The summed E-state index contributed by atoms with van der Waals surface area (Å²) in [6.45, 7) is 11.1. The van der Waals surface area contributed by atoms with E-state index in [0.29, 0.717) is 48.5 Å². The molecular formula is C42H46N10O4. The van der Waals surface area contributed by atoms with Gasteiger partial charge < -0.3 is 25.8 Å². The van der Waals surface area contributed by atoms with Crippen LogP contribution in [-0.2, 0) is 12.0 Å². The fourth-order valence-electron chi connectivity index (χ4n) is 6.36. The molecule has 6 aromatic rings. The van der Waals surface area contributed by atoms with E-state index in [9.17, 15) is 14.7 Å². The van der Waals surface area contributed by atoms with E-state index in [-0.39, 0.29) is 29.7 Å². The maximum absolute atomic E-state index is 13.5. The summed E-state index contributed by atoms with van der Waals surface area (Å²) in [6, 6.07) is 24.6. The molecule has 14 heteroatoms. The number of nitrogens with zero attached hydrogens (tertiary/aromatic N) is 6. The maximum atomic E-state index is 13.5. The van der Waals surface area contributed by atoms with Crippen molar-refractivity contribution in [3.05, 3.63) is 120 Å². The number of carbonyl (C=O) groups excluding carboxylic acids is 2. The minimum atomic E-state index is -0.396. The van der Waals surface area contributed by atoms with Gasteiger partial charge in [-0.3, -0.25) is 15.0 Å². The number of rotatable bonds is 12. The molecule has 288 valence electrons. The van der Waals surface area contributed by atoms with Gasteiger partial charge in [0.2, 0.25) is 0 Å². The summed E-state index contributed by atoms with van der Waals surface area (Å²) in [5.41, 5.74) is 4.33. The van der Waals surface area contributed by atoms with Gasteiger partial charge in [-0.15, -0.1) is 0 Å². The van der Waals surface area contributed by atoms with Crippen LogP contribution < -0.4 is 26.0 Å². The Balaban J connectivity index is 0.974. The quantitative estimate of drug-likeness (QED) is 0.0920. The zero-order valence-electron chi connectivity index (χ0n) is 31.9. The Morgan fingerprint density at radius 3 is 2.45 bits per heavy atom. The van der Waals surface area contributed by atoms with Crippen molar-refractivity contribution in [1.82, 2.24) is 34.9 Å². The number of pyridine rings is 1. The average molecular weight is 755 g/mol. The summed E-state index contributed by atoms with van der Waals surface area (Å²) in [4.78, 5) is 41.1. The van der Waals surface area contributed by atoms with Gasteiger partial charge in [-0.25, -0.2) is 24.4 Å². The lowest BCUT2D eigenvalue weighted by molar-refractivity contribution is 0.0943. The van der Waals surface area contributed by atoms with Gasteiger partial charge in [0, 0.05) is 54.6 Å². The number of likely N-dealkylation sites (tertiary alicyclic amines) is 1. The predicted molar refractivity (Wildman–Crippen MR) is 217 cm³/mol. The topological polar surface area (TPSA) is 171 Å². The zero-order chi connectivity index (χ0) is 39.2. The number of urea groups is 1. The first kappa shape index (κ1) is 37.9. The lowest BCUT2D eigenvalue weighted by Crippen LogP contribution is -2.34. The first-order chi connectivity index (χ1) is 27.0. The molecule has 1 unspecified atom stereocenters. The molecule has 5 N–H and O–H groups in total. The van der Waals surface area contributed by atoms with Crippen LogP contribution in [0.3, 0.4) is 0 Å². The van der Waals surface area contributed by atoms with Crippen LogP contribution in [0.15, 0.2) is 97.5 Å². The van der Waals surface area contributed by atoms with Gasteiger partial charge in [0.15, 0.2) is 0 Å². The summed E-state index contributed by atoms with van der Waals surface area (Å²) in [7, 11) is 0. The number of carbonyl (C=O) groups is 2. The SMILES string of the molecule is Cc1ccc(-n2nc(C(C)(C)C)cc2NC(=O)Nc2ccc(OCc3ccnc(Nc4cnc(C(=O)NCCN5CCC(O)C5)cn4)c3)c3ccccc23)cc1. The number of benzene rings is 3. The van der Waals surface area contributed by atoms with Crippen LogP contribution in [0.2, 0.25) is 0 Å². The maximum Gasteiger partial charge on any atom is 0.324 e. The molecule has 7 rings (SSSR count). The molecule has 1 aliphatic heterocycles. The first-order valence-electron chi connectivity index (χ1n) is 18.6. The highest BCUT2D eigenvalue weighted by atomic mass is 16.5. The van der Waals surface area contributed by atoms with Gasteiger partial charge in [0.1, 0.15) is 35.5 Å². The Morgan fingerprint density at radius 2 is 1.71 bits per heavy atom. The summed E-state index contributed by atoms with van der Waals surface area (Å²) < 4.78 is 8.06. The molecule has 1 fully saturated rings. The summed E-state index contributed by atoms with van der Waals surface area (Å²) in [5.74, 6) is 1.88. The largest absolute Gasteiger partial charge is 0.488 e. The van der Waals surface area contributed by atoms with Crippen LogP contribution in [0.25, 0.3) is 16.5 Å². The molecule has 3 aromatic heterocycles. The minimum absolute atomic E-state index is 0.210. The normalized spacial score (nSPS) is 14.4. The second-order valence-corrected chi connectivity index (χ2v) is 14.9. The van der Waals surface area contributed by atoms with Crippen molar-refractivity contribution in [3.63, 3.8) is 0 Å². The number of fused-ring (bicyclic) bond motifs is 1. The van der Waals surface area contributed by atoms with Crippen LogP contribution in [0, 0.1) is 6.92 Å². The third-order valence-electron chi connectivity index (χ3n) is 9.45. The number of hydrogen-bond acceptors (Lipinski definition) is 10. The number of hydrogen-bond donors (Lipinski definition) is 5. The highest BCUT2D eigenvalue weighted by molar-refractivity contribution is 6.07. The molecule has 1 saturated heterocycles. The lowest BCUT2D eigenvalue weighted by Gasteiger charge is -2.15. The fraction of sp³-hybridized carbons (Fsp3) is 0.286. The molecule has 0 saturated carbocycles. The van der Waals surface area contributed by atoms with Gasteiger partial charge in [-0.1, -0.05) is 62.7 Å². The molecular weight excluding hydrogens is 709 g/mol. The highest BCUT2D eigenvalue weighted by Crippen LogP contribution is 2.33. The van der Waals surface area contributed by atoms with E-state index in [0.717, 1.165) is 46.2 Å². The third kappa shape index (κ3) is 9.28. The van der Waals surface area contributed by atoms with Crippen molar-refractivity contribution in [2.24, 2.45) is 0 Å². The van der Waals surface area contributed by atoms with Crippen LogP contribution in [0.1, 0.15) is 54.5 Å². The number of aliphatic hydroxyl groups is 1. The number of aromatic nitrogens is 5. The molecule has 4 heterocycles. The number of amides is 3. The molecule has 56 heavy (non-hydrogen) atoms. The van der Waals surface area contributed by atoms with Crippen molar-refractivity contribution in [2.75, 3.05) is 42.1 Å².